The lowest BCUT2D eigenvalue weighted by molar-refractivity contribution is 0.326. The summed E-state index contributed by atoms with van der Waals surface area (Å²) in [5.41, 5.74) is 1.24. The molecule has 86 valence electrons. The highest BCUT2D eigenvalue weighted by Gasteiger charge is 2.03. The van der Waals surface area contributed by atoms with Gasteiger partial charge in [-0.25, -0.2) is 0 Å². The monoisotopic (exact) mass is 217 g/mol. The van der Waals surface area contributed by atoms with Crippen LogP contribution >= 0.6 is 0 Å². The number of rotatable bonds is 5. The Kier molecular flexibility index (Phi) is 5.45. The standard InChI is InChI=1S/C14H19NO/c1-4-5-6-10-16-14-9-7-8-13(11-14)12(2)15-3/h7-9,11-12,15H,6,10H2,1-3H3. The molecule has 0 aliphatic carbocycles. The van der Waals surface area contributed by atoms with Crippen LogP contribution in [0.5, 0.6) is 5.75 Å². The zero-order chi connectivity index (χ0) is 11.8. The average molecular weight is 217 g/mol. The molecule has 0 heterocycles. The van der Waals surface area contributed by atoms with Crippen LogP contribution in [0.1, 0.15) is 31.9 Å². The van der Waals surface area contributed by atoms with Crippen LogP contribution in [-0.2, 0) is 0 Å². The molecule has 0 amide bonds. The highest BCUT2D eigenvalue weighted by atomic mass is 16.5. The normalized spacial score (nSPS) is 11.4. The van der Waals surface area contributed by atoms with Crippen molar-refractivity contribution in [2.45, 2.75) is 26.3 Å². The topological polar surface area (TPSA) is 21.3 Å². The molecule has 1 rings (SSSR count). The molecule has 0 fully saturated rings. The molecule has 0 saturated carbocycles. The minimum Gasteiger partial charge on any atom is -0.493 e. The third-order valence-corrected chi connectivity index (χ3v) is 2.46. The number of nitrogens with one attached hydrogen (secondary N) is 1. The minimum atomic E-state index is 0.346. The molecular weight excluding hydrogens is 198 g/mol. The van der Waals surface area contributed by atoms with Crippen molar-refractivity contribution < 1.29 is 4.74 Å². The van der Waals surface area contributed by atoms with Gasteiger partial charge in [0.2, 0.25) is 0 Å². The Morgan fingerprint density at radius 1 is 1.44 bits per heavy atom. The SMILES string of the molecule is CC#CCCOc1cccc(C(C)NC)c1. The lowest BCUT2D eigenvalue weighted by atomic mass is 10.1. The summed E-state index contributed by atoms with van der Waals surface area (Å²) < 4.78 is 5.61. The van der Waals surface area contributed by atoms with Crippen LogP contribution in [0.15, 0.2) is 24.3 Å². The fourth-order valence-corrected chi connectivity index (χ4v) is 1.39. The summed E-state index contributed by atoms with van der Waals surface area (Å²) >= 11 is 0. The van der Waals surface area contributed by atoms with Gasteiger partial charge >= 0.3 is 0 Å². The first-order chi connectivity index (χ1) is 7.77. The van der Waals surface area contributed by atoms with Gasteiger partial charge < -0.3 is 10.1 Å². The molecule has 0 aromatic heterocycles. The van der Waals surface area contributed by atoms with E-state index in [-0.39, 0.29) is 0 Å². The van der Waals surface area contributed by atoms with Crippen molar-refractivity contribution >= 4 is 0 Å². The van der Waals surface area contributed by atoms with Gasteiger partial charge in [-0.2, -0.15) is 0 Å². The number of hydrogen-bond acceptors (Lipinski definition) is 2. The highest BCUT2D eigenvalue weighted by Crippen LogP contribution is 2.18. The van der Waals surface area contributed by atoms with Crippen LogP contribution in [0.4, 0.5) is 0 Å². The van der Waals surface area contributed by atoms with E-state index in [2.05, 4.69) is 36.2 Å². The van der Waals surface area contributed by atoms with E-state index in [9.17, 15) is 0 Å². The quantitative estimate of drug-likeness (QED) is 0.605. The van der Waals surface area contributed by atoms with Gasteiger partial charge in [0.25, 0.3) is 0 Å². The minimum absolute atomic E-state index is 0.346. The second kappa shape index (κ2) is 6.92. The summed E-state index contributed by atoms with van der Waals surface area (Å²) in [7, 11) is 1.95. The van der Waals surface area contributed by atoms with Crippen LogP contribution in [0.25, 0.3) is 0 Å². The van der Waals surface area contributed by atoms with Gasteiger partial charge in [0.15, 0.2) is 0 Å². The van der Waals surface area contributed by atoms with E-state index in [1.165, 1.54) is 5.56 Å². The smallest absolute Gasteiger partial charge is 0.119 e. The fraction of sp³-hybridized carbons (Fsp3) is 0.429. The molecule has 0 saturated heterocycles. The second-order valence-corrected chi connectivity index (χ2v) is 3.61. The zero-order valence-corrected chi connectivity index (χ0v) is 10.2. The lowest BCUT2D eigenvalue weighted by Crippen LogP contribution is -2.12. The maximum atomic E-state index is 5.61. The van der Waals surface area contributed by atoms with Crippen molar-refractivity contribution in [3.63, 3.8) is 0 Å². The van der Waals surface area contributed by atoms with E-state index in [1.807, 2.05) is 26.1 Å². The molecule has 2 heteroatoms. The molecule has 0 aliphatic heterocycles. The van der Waals surface area contributed by atoms with Gasteiger partial charge in [-0.3, -0.25) is 0 Å². The van der Waals surface area contributed by atoms with E-state index in [4.69, 9.17) is 4.74 Å². The first kappa shape index (κ1) is 12.6. The van der Waals surface area contributed by atoms with E-state index >= 15 is 0 Å². The predicted molar refractivity (Wildman–Crippen MR) is 67.5 cm³/mol. The molecule has 1 unspecified atom stereocenters. The van der Waals surface area contributed by atoms with Crippen LogP contribution < -0.4 is 10.1 Å². The van der Waals surface area contributed by atoms with Crippen molar-refractivity contribution in [3.05, 3.63) is 29.8 Å². The van der Waals surface area contributed by atoms with Gasteiger partial charge in [0.05, 0.1) is 6.61 Å². The van der Waals surface area contributed by atoms with E-state index in [0.717, 1.165) is 12.2 Å². The first-order valence-electron chi connectivity index (χ1n) is 5.57. The van der Waals surface area contributed by atoms with E-state index in [1.54, 1.807) is 0 Å². The highest BCUT2D eigenvalue weighted by molar-refractivity contribution is 5.30. The molecule has 0 bridgehead atoms. The van der Waals surface area contributed by atoms with Gasteiger partial charge in [0, 0.05) is 12.5 Å². The van der Waals surface area contributed by atoms with E-state index in [0.29, 0.717) is 12.6 Å². The van der Waals surface area contributed by atoms with Crippen LogP contribution in [-0.4, -0.2) is 13.7 Å². The molecule has 1 atom stereocenters. The molecule has 0 aliphatic rings. The van der Waals surface area contributed by atoms with Gasteiger partial charge in [0.1, 0.15) is 5.75 Å². The number of ether oxygens (including phenoxy) is 1. The summed E-state index contributed by atoms with van der Waals surface area (Å²) in [6.45, 7) is 4.62. The summed E-state index contributed by atoms with van der Waals surface area (Å²) in [5, 5.41) is 3.21. The van der Waals surface area contributed by atoms with Crippen molar-refractivity contribution in [2.75, 3.05) is 13.7 Å². The zero-order valence-electron chi connectivity index (χ0n) is 10.2. The van der Waals surface area contributed by atoms with E-state index < -0.39 is 0 Å². The summed E-state index contributed by atoms with van der Waals surface area (Å²) in [5.74, 6) is 6.75. The van der Waals surface area contributed by atoms with Gasteiger partial charge in [-0.05, 0) is 38.6 Å². The third kappa shape index (κ3) is 3.96. The summed E-state index contributed by atoms with van der Waals surface area (Å²) in [4.78, 5) is 0. The largest absolute Gasteiger partial charge is 0.493 e. The van der Waals surface area contributed by atoms with Crippen molar-refractivity contribution in [1.29, 1.82) is 0 Å². The summed E-state index contributed by atoms with van der Waals surface area (Å²) in [6.07, 6.45) is 0.780. The Labute approximate surface area is 98.0 Å². The first-order valence-corrected chi connectivity index (χ1v) is 5.57. The van der Waals surface area contributed by atoms with Crippen molar-refractivity contribution in [1.82, 2.24) is 5.32 Å². The van der Waals surface area contributed by atoms with Crippen LogP contribution in [0, 0.1) is 11.8 Å². The molecule has 0 spiro atoms. The maximum Gasteiger partial charge on any atom is 0.119 e. The molecule has 1 aromatic carbocycles. The van der Waals surface area contributed by atoms with Gasteiger partial charge in [-0.1, -0.05) is 12.1 Å². The number of hydrogen-bond donors (Lipinski definition) is 1. The Morgan fingerprint density at radius 2 is 2.25 bits per heavy atom. The molecule has 2 nitrogen and oxygen atoms in total. The molecule has 1 N–H and O–H groups in total. The molecule has 1 aromatic rings. The van der Waals surface area contributed by atoms with Gasteiger partial charge in [-0.15, -0.1) is 11.8 Å². The molecule has 0 radical (unpaired) electrons. The lowest BCUT2D eigenvalue weighted by Gasteiger charge is -2.12. The number of benzene rings is 1. The second-order valence-electron chi connectivity index (χ2n) is 3.61. The third-order valence-electron chi connectivity index (χ3n) is 2.46. The van der Waals surface area contributed by atoms with Crippen LogP contribution in [0.3, 0.4) is 0 Å². The fourth-order valence-electron chi connectivity index (χ4n) is 1.39. The van der Waals surface area contributed by atoms with Crippen LogP contribution in [0.2, 0.25) is 0 Å². The summed E-state index contributed by atoms with van der Waals surface area (Å²) in [6, 6.07) is 8.51. The Bertz CT molecular complexity index is 376. The Morgan fingerprint density at radius 3 is 2.94 bits per heavy atom. The maximum absolute atomic E-state index is 5.61. The Balaban J connectivity index is 2.55. The van der Waals surface area contributed by atoms with Crippen molar-refractivity contribution in [2.24, 2.45) is 0 Å². The van der Waals surface area contributed by atoms with Crippen molar-refractivity contribution in [3.8, 4) is 17.6 Å². The molecular formula is C14H19NO. The molecule has 16 heavy (non-hydrogen) atoms. The predicted octanol–water partition coefficient (Wildman–Crippen LogP) is 2.76. The Hall–Kier alpha value is -1.46. The average Bonchev–Trinajstić information content (AvgIpc) is 2.34.